The molecule has 39 heavy (non-hydrogen) atoms. The number of fused-ring (bicyclic) bond motifs is 4. The van der Waals surface area contributed by atoms with E-state index < -0.39 is 5.60 Å². The SMILES string of the molecule is C=CC(=O)Nc1ccccc1Nc1ncc2c(n1)N(Cc1ccccc1)C(=O)C(C13CCC(O)(CC1)CC3)C2. The first-order valence-electron chi connectivity index (χ1n) is 13.6. The van der Waals surface area contributed by atoms with Crippen molar-refractivity contribution in [2.45, 2.75) is 57.1 Å². The third-order valence-electron chi connectivity index (χ3n) is 8.89. The lowest BCUT2D eigenvalue weighted by Crippen LogP contribution is -2.55. The molecule has 1 aliphatic heterocycles. The lowest BCUT2D eigenvalue weighted by Gasteiger charge is -2.55. The molecule has 0 saturated heterocycles. The average Bonchev–Trinajstić information content (AvgIpc) is 2.96. The molecule has 3 saturated carbocycles. The van der Waals surface area contributed by atoms with Crippen molar-refractivity contribution < 1.29 is 14.7 Å². The minimum Gasteiger partial charge on any atom is -0.390 e. The van der Waals surface area contributed by atoms with Crippen molar-refractivity contribution in [2.75, 3.05) is 15.5 Å². The van der Waals surface area contributed by atoms with Gasteiger partial charge in [-0.2, -0.15) is 4.98 Å². The van der Waals surface area contributed by atoms with Gasteiger partial charge in [0.1, 0.15) is 5.82 Å². The summed E-state index contributed by atoms with van der Waals surface area (Å²) in [6, 6.07) is 17.3. The van der Waals surface area contributed by atoms with E-state index in [1.807, 2.05) is 59.6 Å². The zero-order valence-electron chi connectivity index (χ0n) is 21.9. The Kier molecular flexibility index (Phi) is 6.43. The first-order valence-corrected chi connectivity index (χ1v) is 13.6. The van der Waals surface area contributed by atoms with Crippen LogP contribution in [-0.4, -0.2) is 32.5 Å². The third-order valence-corrected chi connectivity index (χ3v) is 8.89. The Labute approximate surface area is 228 Å². The zero-order chi connectivity index (χ0) is 27.0. The largest absolute Gasteiger partial charge is 0.390 e. The Morgan fingerprint density at radius 2 is 1.69 bits per heavy atom. The maximum absolute atomic E-state index is 14.3. The molecule has 0 spiro atoms. The van der Waals surface area contributed by atoms with Crippen LogP contribution in [0, 0.1) is 11.3 Å². The number of nitrogens with one attached hydrogen (secondary N) is 2. The Hall–Kier alpha value is -4.04. The summed E-state index contributed by atoms with van der Waals surface area (Å²) in [5.74, 6) is 0.587. The topological polar surface area (TPSA) is 107 Å². The zero-order valence-corrected chi connectivity index (χ0v) is 21.9. The van der Waals surface area contributed by atoms with E-state index in [2.05, 4.69) is 22.2 Å². The molecular weight excluding hydrogens is 490 g/mol. The van der Waals surface area contributed by atoms with Crippen molar-refractivity contribution in [3.05, 3.63) is 84.6 Å². The van der Waals surface area contributed by atoms with Crippen LogP contribution in [-0.2, 0) is 22.6 Å². The normalized spacial score (nSPS) is 25.6. The average molecular weight is 524 g/mol. The highest BCUT2D eigenvalue weighted by atomic mass is 16.3. The van der Waals surface area contributed by atoms with Crippen LogP contribution >= 0.6 is 0 Å². The highest BCUT2D eigenvalue weighted by molar-refractivity contribution is 6.01. The summed E-state index contributed by atoms with van der Waals surface area (Å²) < 4.78 is 0. The van der Waals surface area contributed by atoms with Crippen LogP contribution < -0.4 is 15.5 Å². The first kappa shape index (κ1) is 25.2. The van der Waals surface area contributed by atoms with Crippen molar-refractivity contribution in [2.24, 2.45) is 11.3 Å². The second-order valence-electron chi connectivity index (χ2n) is 11.2. The number of carbonyl (C=O) groups is 2. The number of hydrogen-bond donors (Lipinski definition) is 3. The molecule has 200 valence electrons. The number of benzene rings is 2. The highest BCUT2D eigenvalue weighted by Crippen LogP contribution is 2.58. The Morgan fingerprint density at radius 1 is 1.03 bits per heavy atom. The fraction of sp³-hybridized carbons (Fsp3) is 0.355. The van der Waals surface area contributed by atoms with Crippen LogP contribution in [0.1, 0.15) is 49.7 Å². The molecule has 1 atom stereocenters. The van der Waals surface area contributed by atoms with Gasteiger partial charge in [-0.25, -0.2) is 4.98 Å². The van der Waals surface area contributed by atoms with Crippen LogP contribution in [0.5, 0.6) is 0 Å². The van der Waals surface area contributed by atoms with Gasteiger partial charge in [0.25, 0.3) is 0 Å². The van der Waals surface area contributed by atoms with Gasteiger partial charge in [-0.1, -0.05) is 49.0 Å². The Bertz CT molecular complexity index is 1400. The Morgan fingerprint density at radius 3 is 2.38 bits per heavy atom. The summed E-state index contributed by atoms with van der Waals surface area (Å²) in [6.45, 7) is 3.94. The van der Waals surface area contributed by atoms with Gasteiger partial charge in [-0.15, -0.1) is 0 Å². The molecule has 1 unspecified atom stereocenters. The van der Waals surface area contributed by atoms with E-state index in [1.165, 1.54) is 6.08 Å². The van der Waals surface area contributed by atoms with Crippen LogP contribution in [0.25, 0.3) is 0 Å². The summed E-state index contributed by atoms with van der Waals surface area (Å²) in [7, 11) is 0. The molecule has 0 radical (unpaired) electrons. The van der Waals surface area contributed by atoms with Crippen LogP contribution in [0.3, 0.4) is 0 Å². The van der Waals surface area contributed by atoms with E-state index in [0.717, 1.165) is 49.7 Å². The summed E-state index contributed by atoms with van der Waals surface area (Å²) in [5, 5.41) is 16.8. The second-order valence-corrected chi connectivity index (χ2v) is 11.2. The molecule has 8 heteroatoms. The van der Waals surface area contributed by atoms with Gasteiger partial charge in [0.2, 0.25) is 17.8 Å². The van der Waals surface area contributed by atoms with Crippen molar-refractivity contribution in [3.8, 4) is 0 Å². The predicted molar refractivity (Wildman–Crippen MR) is 150 cm³/mol. The number of carbonyl (C=O) groups excluding carboxylic acids is 2. The van der Waals surface area contributed by atoms with Gasteiger partial charge < -0.3 is 15.7 Å². The monoisotopic (exact) mass is 523 g/mol. The molecular formula is C31H33N5O3. The van der Waals surface area contributed by atoms with E-state index in [0.29, 0.717) is 36.1 Å². The predicted octanol–water partition coefficient (Wildman–Crippen LogP) is 5.14. The number of para-hydroxylation sites is 2. The minimum atomic E-state index is -0.549. The maximum Gasteiger partial charge on any atom is 0.247 e. The van der Waals surface area contributed by atoms with Crippen LogP contribution in [0.15, 0.2) is 73.4 Å². The third kappa shape index (κ3) is 4.81. The number of aliphatic hydroxyl groups is 1. The fourth-order valence-corrected chi connectivity index (χ4v) is 6.56. The van der Waals surface area contributed by atoms with Crippen molar-refractivity contribution in [1.82, 2.24) is 9.97 Å². The van der Waals surface area contributed by atoms with E-state index in [1.54, 1.807) is 6.07 Å². The molecule has 2 bridgehead atoms. The summed E-state index contributed by atoms with van der Waals surface area (Å²) >= 11 is 0. The molecule has 2 amide bonds. The van der Waals surface area contributed by atoms with Gasteiger partial charge in [0, 0.05) is 17.7 Å². The first-order chi connectivity index (χ1) is 18.9. The van der Waals surface area contributed by atoms with Crippen molar-refractivity contribution in [3.63, 3.8) is 0 Å². The Balaban J connectivity index is 1.34. The van der Waals surface area contributed by atoms with Gasteiger partial charge in [-0.05, 0) is 74.1 Å². The van der Waals surface area contributed by atoms with Gasteiger partial charge >= 0.3 is 0 Å². The van der Waals surface area contributed by atoms with Crippen molar-refractivity contribution in [1.29, 1.82) is 0 Å². The maximum atomic E-state index is 14.3. The molecule has 7 rings (SSSR count). The summed E-state index contributed by atoms with van der Waals surface area (Å²) in [4.78, 5) is 37.4. The molecule has 3 aliphatic carbocycles. The van der Waals surface area contributed by atoms with E-state index in [4.69, 9.17) is 4.98 Å². The van der Waals surface area contributed by atoms with Crippen molar-refractivity contribution >= 4 is 35.0 Å². The van der Waals surface area contributed by atoms with Gasteiger partial charge in [0.05, 0.1) is 23.5 Å². The lowest BCUT2D eigenvalue weighted by molar-refractivity contribution is -0.143. The fourth-order valence-electron chi connectivity index (χ4n) is 6.56. The van der Waals surface area contributed by atoms with E-state index in [-0.39, 0.29) is 23.1 Å². The molecule has 2 heterocycles. The highest BCUT2D eigenvalue weighted by Gasteiger charge is 2.55. The molecule has 3 N–H and O–H groups in total. The number of hydrogen-bond acceptors (Lipinski definition) is 6. The number of anilines is 4. The number of nitrogens with zero attached hydrogens (tertiary/aromatic N) is 3. The number of aromatic nitrogens is 2. The summed E-state index contributed by atoms with van der Waals surface area (Å²) in [5.41, 5.74) is 2.56. The van der Waals surface area contributed by atoms with Crippen LogP contribution in [0.4, 0.5) is 23.1 Å². The molecule has 3 aromatic rings. The van der Waals surface area contributed by atoms with E-state index in [9.17, 15) is 14.7 Å². The standard InChI is InChI=1S/C31H33N5O3/c1-2-26(37)33-24-10-6-7-11-25(24)34-29-32-19-22-18-23(30-12-15-31(39,16-13-30)17-14-30)28(38)36(27(22)35-29)20-21-8-4-3-5-9-21/h2-11,19,23,39H,1,12-18,20H2,(H,33,37)(H,32,34,35). The number of amides is 2. The molecule has 3 fully saturated rings. The number of rotatable bonds is 7. The summed E-state index contributed by atoms with van der Waals surface area (Å²) in [6.07, 6.45) is 8.58. The van der Waals surface area contributed by atoms with Gasteiger partial charge in [0.15, 0.2) is 0 Å². The molecule has 4 aliphatic rings. The molecule has 1 aromatic heterocycles. The minimum absolute atomic E-state index is 0.0899. The molecule has 2 aromatic carbocycles. The van der Waals surface area contributed by atoms with Gasteiger partial charge in [-0.3, -0.25) is 14.5 Å². The quantitative estimate of drug-likeness (QED) is 0.371. The second kappa shape index (κ2) is 9.93. The smallest absolute Gasteiger partial charge is 0.247 e. The molecule has 8 nitrogen and oxygen atoms in total. The lowest BCUT2D eigenvalue weighted by atomic mass is 9.52. The van der Waals surface area contributed by atoms with E-state index >= 15 is 0 Å². The van der Waals surface area contributed by atoms with Crippen LogP contribution in [0.2, 0.25) is 0 Å².